The highest BCUT2D eigenvalue weighted by Gasteiger charge is 2.34. The number of hydrogen-bond acceptors (Lipinski definition) is 5. The zero-order valence-electron chi connectivity index (χ0n) is 20.4. The van der Waals surface area contributed by atoms with Gasteiger partial charge in [0, 0.05) is 25.2 Å². The fraction of sp³-hybridized carbons (Fsp3) is 0.407. The van der Waals surface area contributed by atoms with Crippen LogP contribution in [-0.2, 0) is 0 Å². The molecule has 1 amide bonds. The van der Waals surface area contributed by atoms with Gasteiger partial charge >= 0.3 is 0 Å². The van der Waals surface area contributed by atoms with Crippen molar-refractivity contribution in [2.45, 2.75) is 43.9 Å². The first-order valence-corrected chi connectivity index (χ1v) is 12.4. The molecule has 3 atom stereocenters. The largest absolute Gasteiger partial charge is 0.485 e. The molecule has 0 bridgehead atoms. The molecule has 2 heterocycles. The first-order chi connectivity index (χ1) is 17.5. The Bertz CT molecular complexity index is 1190. The molecule has 2 aliphatic rings. The van der Waals surface area contributed by atoms with Gasteiger partial charge in [0.1, 0.15) is 6.61 Å². The van der Waals surface area contributed by atoms with E-state index in [1.807, 2.05) is 34.9 Å². The zero-order valence-corrected chi connectivity index (χ0v) is 21.2. The number of ether oxygens (including phenoxy) is 1. The smallest absolute Gasteiger partial charge is 0.275 e. The topological polar surface area (TPSA) is 79.6 Å². The molecule has 5 rings (SSSR count). The summed E-state index contributed by atoms with van der Waals surface area (Å²) in [6.07, 6.45) is 4.64. The van der Waals surface area contributed by atoms with Crippen LogP contribution in [0.3, 0.4) is 0 Å². The maximum absolute atomic E-state index is 14.1. The molecule has 1 saturated heterocycles. The first kappa shape index (κ1) is 27.0. The molecular formula is C27H31ClF2N4O3. The number of hydrogen-bond donors (Lipinski definition) is 2. The Morgan fingerprint density at radius 3 is 2.54 bits per heavy atom. The number of aliphatic hydroxyl groups is 1. The average Bonchev–Trinajstić information content (AvgIpc) is 3.34. The molecule has 0 unspecified atom stereocenters. The molecule has 1 saturated carbocycles. The Labute approximate surface area is 220 Å². The normalized spacial score (nSPS) is 21.8. The number of para-hydroxylation sites is 1. The van der Waals surface area contributed by atoms with Gasteiger partial charge in [-0.1, -0.05) is 49.2 Å². The summed E-state index contributed by atoms with van der Waals surface area (Å²) in [5.74, 6) is -2.29. The summed E-state index contributed by atoms with van der Waals surface area (Å²) in [7, 11) is 0. The second kappa shape index (κ2) is 12.0. The number of piperazine rings is 1. The van der Waals surface area contributed by atoms with Gasteiger partial charge in [0.2, 0.25) is 0 Å². The quantitative estimate of drug-likeness (QED) is 0.497. The number of benzene rings is 2. The van der Waals surface area contributed by atoms with Crippen LogP contribution in [0.15, 0.2) is 54.9 Å². The minimum atomic E-state index is -0.784. The number of aliphatic hydroxyl groups excluding tert-OH is 1. The maximum atomic E-state index is 14.1. The Kier molecular flexibility index (Phi) is 8.79. The van der Waals surface area contributed by atoms with Crippen LogP contribution >= 0.6 is 12.4 Å². The molecule has 198 valence electrons. The van der Waals surface area contributed by atoms with Gasteiger partial charge in [-0.2, -0.15) is 0 Å². The third kappa shape index (κ3) is 5.63. The summed E-state index contributed by atoms with van der Waals surface area (Å²) in [6, 6.07) is 12.5. The first-order valence-electron chi connectivity index (χ1n) is 12.4. The Balaban J connectivity index is 0.00000320. The summed E-state index contributed by atoms with van der Waals surface area (Å²) in [5.41, 5.74) is 1.81. The van der Waals surface area contributed by atoms with Gasteiger partial charge in [-0.05, 0) is 25.0 Å². The van der Waals surface area contributed by atoms with Gasteiger partial charge < -0.3 is 24.6 Å². The lowest BCUT2D eigenvalue weighted by atomic mass is 9.92. The number of carbonyl (C=O) groups excluding carboxylic acids is 1. The van der Waals surface area contributed by atoms with Crippen molar-refractivity contribution in [2.75, 3.05) is 26.2 Å². The number of amides is 1. The highest BCUT2D eigenvalue weighted by atomic mass is 35.5. The van der Waals surface area contributed by atoms with E-state index >= 15 is 0 Å². The summed E-state index contributed by atoms with van der Waals surface area (Å²) in [5, 5.41) is 14.0. The second-order valence-electron chi connectivity index (χ2n) is 9.35. The lowest BCUT2D eigenvalue weighted by molar-refractivity contribution is 0.0547. The van der Waals surface area contributed by atoms with E-state index in [0.717, 1.165) is 37.0 Å². The number of carbonyl (C=O) groups is 1. The number of aromatic nitrogens is 2. The van der Waals surface area contributed by atoms with Crippen molar-refractivity contribution in [3.63, 3.8) is 0 Å². The summed E-state index contributed by atoms with van der Waals surface area (Å²) < 4.78 is 35.6. The van der Waals surface area contributed by atoms with Crippen LogP contribution in [0.4, 0.5) is 8.78 Å². The third-order valence-electron chi connectivity index (χ3n) is 7.04. The maximum Gasteiger partial charge on any atom is 0.275 e. The fourth-order valence-corrected chi connectivity index (χ4v) is 5.18. The lowest BCUT2D eigenvalue weighted by Crippen LogP contribution is -2.56. The number of nitrogens with one attached hydrogen (secondary N) is 1. The molecule has 2 fully saturated rings. The van der Waals surface area contributed by atoms with Gasteiger partial charge in [0.05, 0.1) is 30.2 Å². The molecular weight excluding hydrogens is 502 g/mol. The molecule has 0 spiro atoms. The fourth-order valence-electron chi connectivity index (χ4n) is 5.18. The van der Waals surface area contributed by atoms with Crippen molar-refractivity contribution in [1.29, 1.82) is 0 Å². The summed E-state index contributed by atoms with van der Waals surface area (Å²) >= 11 is 0. The molecule has 1 aliphatic carbocycles. The van der Waals surface area contributed by atoms with E-state index in [-0.39, 0.29) is 31.0 Å². The van der Waals surface area contributed by atoms with E-state index in [0.29, 0.717) is 37.4 Å². The van der Waals surface area contributed by atoms with Gasteiger partial charge in [0.15, 0.2) is 23.1 Å². The van der Waals surface area contributed by atoms with E-state index in [1.165, 1.54) is 6.07 Å². The van der Waals surface area contributed by atoms with Crippen molar-refractivity contribution in [1.82, 2.24) is 19.8 Å². The Morgan fingerprint density at radius 2 is 1.81 bits per heavy atom. The van der Waals surface area contributed by atoms with Crippen LogP contribution in [0.1, 0.15) is 42.2 Å². The molecule has 2 N–H and O–H groups in total. The van der Waals surface area contributed by atoms with Gasteiger partial charge in [-0.25, -0.2) is 13.8 Å². The van der Waals surface area contributed by atoms with Crippen molar-refractivity contribution in [2.24, 2.45) is 0 Å². The van der Waals surface area contributed by atoms with Crippen molar-refractivity contribution < 1.29 is 23.4 Å². The predicted octanol–water partition coefficient (Wildman–Crippen LogP) is 4.22. The molecule has 0 radical (unpaired) electrons. The summed E-state index contributed by atoms with van der Waals surface area (Å²) in [6.45, 7) is 1.34. The van der Waals surface area contributed by atoms with E-state index in [1.54, 1.807) is 11.2 Å². The highest BCUT2D eigenvalue weighted by Crippen LogP contribution is 2.35. The van der Waals surface area contributed by atoms with Crippen LogP contribution in [0.5, 0.6) is 5.75 Å². The monoisotopic (exact) mass is 532 g/mol. The third-order valence-corrected chi connectivity index (χ3v) is 7.04. The predicted molar refractivity (Wildman–Crippen MR) is 138 cm³/mol. The van der Waals surface area contributed by atoms with Crippen LogP contribution < -0.4 is 10.1 Å². The number of rotatable bonds is 6. The minimum Gasteiger partial charge on any atom is -0.485 e. The lowest BCUT2D eigenvalue weighted by Gasteiger charge is -2.36. The molecule has 1 aliphatic heterocycles. The van der Waals surface area contributed by atoms with Crippen LogP contribution in [0.2, 0.25) is 0 Å². The van der Waals surface area contributed by atoms with Crippen LogP contribution in [0.25, 0.3) is 11.3 Å². The van der Waals surface area contributed by atoms with Crippen LogP contribution in [-0.4, -0.2) is 63.9 Å². The zero-order chi connectivity index (χ0) is 25.1. The van der Waals surface area contributed by atoms with Crippen molar-refractivity contribution in [3.05, 3.63) is 72.2 Å². The molecule has 1 aromatic heterocycles. The van der Waals surface area contributed by atoms with Crippen molar-refractivity contribution >= 4 is 18.3 Å². The molecule has 2 aromatic carbocycles. The number of nitrogens with zero attached hydrogens (tertiary/aromatic N) is 3. The Hall–Kier alpha value is -3.01. The Morgan fingerprint density at radius 1 is 1.08 bits per heavy atom. The number of imidazole rings is 1. The molecule has 10 heteroatoms. The van der Waals surface area contributed by atoms with Gasteiger partial charge in [-0.15, -0.1) is 12.4 Å². The summed E-state index contributed by atoms with van der Waals surface area (Å²) in [4.78, 5) is 20.1. The molecule has 3 aromatic rings. The SMILES string of the molecule is Cl.O=C(c1ncn([C@H]2CCCC[C@H]2O)c1-c1ccccc1)N1CCNC[C@H]1COc1c(F)cccc1F. The standard InChI is InChI=1S/C27H30F2N4O3.ClH/c28-20-9-6-10-21(29)26(20)36-16-19-15-30-13-14-32(19)27(35)24-25(18-7-2-1-3-8-18)33(17-31-24)22-11-4-5-12-23(22)34;/h1-3,6-10,17,19,22-23,30,34H,4-5,11-16H2;1H/t19-,22-,23+;/m0./s1. The van der Waals surface area contributed by atoms with Gasteiger partial charge in [0.25, 0.3) is 5.91 Å². The second-order valence-corrected chi connectivity index (χ2v) is 9.35. The van der Waals surface area contributed by atoms with E-state index in [2.05, 4.69) is 10.3 Å². The van der Waals surface area contributed by atoms with E-state index < -0.39 is 29.5 Å². The van der Waals surface area contributed by atoms with E-state index in [4.69, 9.17) is 4.74 Å². The van der Waals surface area contributed by atoms with E-state index in [9.17, 15) is 18.7 Å². The molecule has 37 heavy (non-hydrogen) atoms. The van der Waals surface area contributed by atoms with Crippen LogP contribution in [0, 0.1) is 11.6 Å². The minimum absolute atomic E-state index is 0. The van der Waals surface area contributed by atoms with Crippen molar-refractivity contribution in [3.8, 4) is 17.0 Å². The average molecular weight is 533 g/mol. The highest BCUT2D eigenvalue weighted by molar-refractivity contribution is 5.98. The number of halogens is 3. The van der Waals surface area contributed by atoms with Gasteiger partial charge in [-0.3, -0.25) is 4.79 Å². The molecule has 7 nitrogen and oxygen atoms in total.